The highest BCUT2D eigenvalue weighted by Gasteiger charge is 2.22. The summed E-state index contributed by atoms with van der Waals surface area (Å²) in [5.41, 5.74) is 2.77. The molecule has 0 amide bonds. The van der Waals surface area contributed by atoms with Gasteiger partial charge in [0, 0.05) is 33.5 Å². The monoisotopic (exact) mass is 378 g/mol. The van der Waals surface area contributed by atoms with Crippen LogP contribution in [0.25, 0.3) is 16.3 Å². The molecule has 3 aromatic rings. The Labute approximate surface area is 163 Å². The minimum Gasteiger partial charge on any atom is -0.497 e. The third-order valence-corrected chi connectivity index (χ3v) is 4.71. The van der Waals surface area contributed by atoms with E-state index in [1.165, 1.54) is 6.08 Å². The molecule has 144 valence electrons. The predicted molar refractivity (Wildman–Crippen MR) is 109 cm³/mol. The van der Waals surface area contributed by atoms with Crippen molar-refractivity contribution in [3.63, 3.8) is 0 Å². The second-order valence-electron chi connectivity index (χ2n) is 6.24. The molecule has 0 unspecified atom stereocenters. The molecular formula is C23H22O5. The van der Waals surface area contributed by atoms with Gasteiger partial charge in [-0.25, -0.2) is 4.79 Å². The van der Waals surface area contributed by atoms with Crippen LogP contribution in [0.5, 0.6) is 17.2 Å². The molecule has 5 nitrogen and oxygen atoms in total. The van der Waals surface area contributed by atoms with E-state index < -0.39 is 5.97 Å². The van der Waals surface area contributed by atoms with Crippen molar-refractivity contribution in [2.24, 2.45) is 0 Å². The van der Waals surface area contributed by atoms with Crippen molar-refractivity contribution < 1.29 is 24.1 Å². The molecule has 1 N–H and O–H groups in total. The van der Waals surface area contributed by atoms with E-state index in [0.717, 1.165) is 21.9 Å². The first-order chi connectivity index (χ1) is 13.5. The van der Waals surface area contributed by atoms with E-state index in [1.54, 1.807) is 33.5 Å². The Hall–Kier alpha value is -3.47. The third kappa shape index (κ3) is 3.39. The summed E-state index contributed by atoms with van der Waals surface area (Å²) in [4.78, 5) is 11.6. The van der Waals surface area contributed by atoms with Gasteiger partial charge < -0.3 is 19.3 Å². The molecule has 0 bridgehead atoms. The normalized spacial score (nSPS) is 11.4. The van der Waals surface area contributed by atoms with Gasteiger partial charge in [0.1, 0.15) is 17.2 Å². The molecule has 0 aliphatic rings. The molecule has 3 aromatic carbocycles. The van der Waals surface area contributed by atoms with Gasteiger partial charge in [0.2, 0.25) is 0 Å². The first kappa shape index (κ1) is 19.3. The molecule has 28 heavy (non-hydrogen) atoms. The van der Waals surface area contributed by atoms with Crippen molar-refractivity contribution in [1.29, 1.82) is 0 Å². The topological polar surface area (TPSA) is 65.0 Å². The van der Waals surface area contributed by atoms with Gasteiger partial charge in [-0.15, -0.1) is 0 Å². The fourth-order valence-corrected chi connectivity index (χ4v) is 3.49. The summed E-state index contributed by atoms with van der Waals surface area (Å²) in [6.45, 7) is 1.91. The summed E-state index contributed by atoms with van der Waals surface area (Å²) in [6.07, 6.45) is 1.20. The molecule has 0 atom stereocenters. The van der Waals surface area contributed by atoms with Crippen molar-refractivity contribution in [3.8, 4) is 17.2 Å². The Morgan fingerprint density at radius 3 is 1.93 bits per heavy atom. The third-order valence-electron chi connectivity index (χ3n) is 4.71. The summed E-state index contributed by atoms with van der Waals surface area (Å²) in [5.74, 6) is 0.950. The molecule has 0 aliphatic heterocycles. The fourth-order valence-electron chi connectivity index (χ4n) is 3.49. The van der Waals surface area contributed by atoms with Gasteiger partial charge in [0.25, 0.3) is 0 Å². The molecule has 0 heterocycles. The van der Waals surface area contributed by atoms with E-state index in [2.05, 4.69) is 0 Å². The maximum Gasteiger partial charge on any atom is 0.328 e. The maximum absolute atomic E-state index is 11.6. The molecule has 0 fully saturated rings. The SMILES string of the molecule is COc1ccc(/C(=C/C(=O)O)c2c(C)c(OC)c3ccccc3c2OC)cc1. The molecule has 0 aliphatic carbocycles. The number of aliphatic carboxylic acids is 1. The van der Waals surface area contributed by atoms with Crippen molar-refractivity contribution in [2.45, 2.75) is 6.92 Å². The molecule has 0 saturated carbocycles. The van der Waals surface area contributed by atoms with E-state index in [9.17, 15) is 9.90 Å². The van der Waals surface area contributed by atoms with Crippen LogP contribution in [0.3, 0.4) is 0 Å². The minimum absolute atomic E-state index is 0.536. The van der Waals surface area contributed by atoms with Crippen LogP contribution in [-0.4, -0.2) is 32.4 Å². The van der Waals surface area contributed by atoms with Gasteiger partial charge in [0.05, 0.1) is 21.3 Å². The average molecular weight is 378 g/mol. The summed E-state index contributed by atoms with van der Waals surface area (Å²) in [5, 5.41) is 11.3. The lowest BCUT2D eigenvalue weighted by Gasteiger charge is -2.21. The predicted octanol–water partition coefficient (Wildman–Crippen LogP) is 4.69. The number of carboxylic acids is 1. The van der Waals surface area contributed by atoms with Crippen LogP contribution in [0.1, 0.15) is 16.7 Å². The van der Waals surface area contributed by atoms with Crippen LogP contribution in [0.2, 0.25) is 0 Å². The Morgan fingerprint density at radius 2 is 1.43 bits per heavy atom. The molecule has 0 spiro atoms. The molecular weight excluding hydrogens is 356 g/mol. The zero-order valence-corrected chi connectivity index (χ0v) is 16.3. The lowest BCUT2D eigenvalue weighted by atomic mass is 9.89. The van der Waals surface area contributed by atoms with Gasteiger partial charge in [-0.05, 0) is 24.6 Å². The van der Waals surface area contributed by atoms with E-state index in [1.807, 2.05) is 43.3 Å². The smallest absolute Gasteiger partial charge is 0.328 e. The Kier molecular flexibility index (Phi) is 5.54. The van der Waals surface area contributed by atoms with Crippen LogP contribution in [0.4, 0.5) is 0 Å². The molecule has 0 saturated heterocycles. The van der Waals surface area contributed by atoms with Crippen molar-refractivity contribution in [2.75, 3.05) is 21.3 Å². The first-order valence-electron chi connectivity index (χ1n) is 8.74. The highest BCUT2D eigenvalue weighted by Crippen LogP contribution is 2.45. The maximum atomic E-state index is 11.6. The molecule has 5 heteroatoms. The van der Waals surface area contributed by atoms with E-state index >= 15 is 0 Å². The Morgan fingerprint density at radius 1 is 0.857 bits per heavy atom. The Bertz CT molecular complexity index is 1050. The minimum atomic E-state index is -1.04. The molecule has 0 radical (unpaired) electrons. The Balaban J connectivity index is 2.39. The van der Waals surface area contributed by atoms with E-state index in [-0.39, 0.29) is 0 Å². The summed E-state index contributed by atoms with van der Waals surface area (Å²) in [7, 11) is 4.78. The summed E-state index contributed by atoms with van der Waals surface area (Å²) >= 11 is 0. The zero-order valence-electron chi connectivity index (χ0n) is 16.3. The van der Waals surface area contributed by atoms with Crippen LogP contribution in [0, 0.1) is 6.92 Å². The van der Waals surface area contributed by atoms with Gasteiger partial charge in [-0.2, -0.15) is 0 Å². The number of carbonyl (C=O) groups is 1. The number of hydrogen-bond acceptors (Lipinski definition) is 4. The quantitative estimate of drug-likeness (QED) is 0.631. The lowest BCUT2D eigenvalue weighted by Crippen LogP contribution is -2.03. The average Bonchev–Trinajstić information content (AvgIpc) is 2.71. The number of hydrogen-bond donors (Lipinski definition) is 1. The first-order valence-corrected chi connectivity index (χ1v) is 8.74. The van der Waals surface area contributed by atoms with Crippen LogP contribution < -0.4 is 14.2 Å². The molecule has 0 aromatic heterocycles. The second-order valence-corrected chi connectivity index (χ2v) is 6.24. The van der Waals surface area contributed by atoms with Crippen molar-refractivity contribution in [1.82, 2.24) is 0 Å². The highest BCUT2D eigenvalue weighted by atomic mass is 16.5. The van der Waals surface area contributed by atoms with Crippen LogP contribution >= 0.6 is 0 Å². The summed E-state index contributed by atoms with van der Waals surface area (Å²) in [6, 6.07) is 15.0. The number of methoxy groups -OCH3 is 3. The van der Waals surface area contributed by atoms with Gasteiger partial charge >= 0.3 is 5.97 Å². The molecule has 3 rings (SSSR count). The standard InChI is InChI=1S/C23H22O5/c1-14-21(19(13-20(24)25)15-9-11-16(26-2)12-10-15)23(28-4)18-8-6-5-7-17(18)22(14)27-3/h5-13H,1-4H3,(H,24,25)/b19-13-. The fraction of sp³-hybridized carbons (Fsp3) is 0.174. The van der Waals surface area contributed by atoms with Gasteiger partial charge in [0.15, 0.2) is 0 Å². The second kappa shape index (κ2) is 8.05. The zero-order chi connectivity index (χ0) is 20.3. The lowest BCUT2D eigenvalue weighted by molar-refractivity contribution is -0.131. The van der Waals surface area contributed by atoms with Crippen LogP contribution in [-0.2, 0) is 4.79 Å². The number of fused-ring (bicyclic) bond motifs is 1. The van der Waals surface area contributed by atoms with Gasteiger partial charge in [-0.3, -0.25) is 0 Å². The van der Waals surface area contributed by atoms with Crippen LogP contribution in [0.15, 0.2) is 54.6 Å². The summed E-state index contributed by atoms with van der Waals surface area (Å²) < 4.78 is 16.6. The largest absolute Gasteiger partial charge is 0.497 e. The van der Waals surface area contributed by atoms with Crippen molar-refractivity contribution in [3.05, 3.63) is 71.3 Å². The number of rotatable bonds is 6. The van der Waals surface area contributed by atoms with E-state index in [4.69, 9.17) is 14.2 Å². The van der Waals surface area contributed by atoms with E-state index in [0.29, 0.717) is 28.4 Å². The van der Waals surface area contributed by atoms with Crippen molar-refractivity contribution >= 4 is 22.3 Å². The van der Waals surface area contributed by atoms with Gasteiger partial charge in [-0.1, -0.05) is 36.4 Å². The number of benzene rings is 3. The number of ether oxygens (including phenoxy) is 3. The highest BCUT2D eigenvalue weighted by molar-refractivity contribution is 6.04. The number of carboxylic acid groups (broad SMARTS) is 1.